The van der Waals surface area contributed by atoms with Crippen molar-refractivity contribution in [2.24, 2.45) is 0 Å². The van der Waals surface area contributed by atoms with E-state index >= 15 is 0 Å². The summed E-state index contributed by atoms with van der Waals surface area (Å²) in [6.45, 7) is 6.67. The smallest absolute Gasteiger partial charge is 0.0224 e. The van der Waals surface area contributed by atoms with Gasteiger partial charge in [0.05, 0.1) is 0 Å². The van der Waals surface area contributed by atoms with Crippen molar-refractivity contribution in [3.63, 3.8) is 0 Å². The fourth-order valence-electron chi connectivity index (χ4n) is 0.544. The highest BCUT2D eigenvalue weighted by Crippen LogP contribution is 2.01. The van der Waals surface area contributed by atoms with Crippen molar-refractivity contribution in [3.05, 3.63) is 0 Å². The fraction of sp³-hybridized carbons (Fsp3) is 0.857. The molecular weight excluding hydrogens is 115 g/mol. The Morgan fingerprint density at radius 1 is 1.50 bits per heavy atom. The first-order valence-electron chi connectivity index (χ1n) is 3.23. The van der Waals surface area contributed by atoms with Crippen LogP contribution in [0.2, 0.25) is 0 Å². The van der Waals surface area contributed by atoms with Crippen LogP contribution in [0.3, 0.4) is 0 Å². The van der Waals surface area contributed by atoms with Gasteiger partial charge in [-0.3, -0.25) is 0 Å². The number of hydrogen-bond acceptors (Lipinski definition) is 0. The number of unbranched alkanes of at least 4 members (excludes halogenated alkanes) is 1. The van der Waals surface area contributed by atoms with Gasteiger partial charge in [0, 0.05) is 0 Å². The van der Waals surface area contributed by atoms with Gasteiger partial charge in [-0.1, -0.05) is 18.6 Å². The third-order valence-electron chi connectivity index (χ3n) is 1.27. The Morgan fingerprint density at radius 3 is 2.50 bits per heavy atom. The van der Waals surface area contributed by atoms with Crippen LogP contribution < -0.4 is 0 Å². The summed E-state index contributed by atoms with van der Waals surface area (Å²) in [5.41, 5.74) is 0. The molecule has 0 rings (SSSR count). The molecule has 0 saturated heterocycles. The predicted octanol–water partition coefficient (Wildman–Crippen LogP) is 2.94. The van der Waals surface area contributed by atoms with Crippen LogP contribution in [0.25, 0.3) is 0 Å². The number of rotatable bonds is 3. The van der Waals surface area contributed by atoms with E-state index < -0.39 is 0 Å². The van der Waals surface area contributed by atoms with E-state index in [1.54, 1.807) is 5.29 Å². The van der Waals surface area contributed by atoms with Crippen molar-refractivity contribution in [3.8, 4) is 0 Å². The average Bonchev–Trinajstić information content (AvgIpc) is 1.83. The van der Waals surface area contributed by atoms with E-state index in [4.69, 9.17) is 0 Å². The fourth-order valence-corrected chi connectivity index (χ4v) is 0.926. The second-order valence-corrected chi connectivity index (χ2v) is 3.27. The SMILES string of the molecule is CCCCC(C)=PC. The third kappa shape index (κ3) is 4.33. The zero-order valence-corrected chi connectivity index (χ0v) is 6.96. The minimum Gasteiger partial charge on any atom is -0.109 e. The van der Waals surface area contributed by atoms with Crippen molar-refractivity contribution in [2.45, 2.75) is 33.1 Å². The molecular formula is C7H15P. The molecule has 0 N–H and O–H groups in total. The maximum absolute atomic E-state index is 2.24. The molecule has 0 fully saturated rings. The van der Waals surface area contributed by atoms with Crippen LogP contribution in [-0.4, -0.2) is 12.0 Å². The first-order valence-corrected chi connectivity index (χ1v) is 4.57. The van der Waals surface area contributed by atoms with Crippen LogP contribution in [0, 0.1) is 0 Å². The Morgan fingerprint density at radius 2 is 2.12 bits per heavy atom. The summed E-state index contributed by atoms with van der Waals surface area (Å²) in [5.74, 6) is 0. The van der Waals surface area contributed by atoms with Gasteiger partial charge in [-0.25, -0.2) is 0 Å². The minimum absolute atomic E-state index is 1.33. The molecule has 0 amide bonds. The molecule has 0 aliphatic carbocycles. The van der Waals surface area contributed by atoms with Gasteiger partial charge in [0.15, 0.2) is 0 Å². The maximum Gasteiger partial charge on any atom is -0.0224 e. The molecule has 0 aliphatic rings. The second-order valence-electron chi connectivity index (χ2n) is 2.06. The lowest BCUT2D eigenvalue weighted by molar-refractivity contribution is 0.839. The Balaban J connectivity index is 3.12. The summed E-state index contributed by atoms with van der Waals surface area (Å²) >= 11 is 0. The average molecular weight is 130 g/mol. The lowest BCUT2D eigenvalue weighted by Crippen LogP contribution is -1.84. The molecule has 0 bridgehead atoms. The van der Waals surface area contributed by atoms with Gasteiger partial charge in [0.2, 0.25) is 0 Å². The van der Waals surface area contributed by atoms with Gasteiger partial charge in [0.1, 0.15) is 0 Å². The maximum atomic E-state index is 2.24. The largest absolute Gasteiger partial charge is 0.109 e. The predicted molar refractivity (Wildman–Crippen MR) is 43.1 cm³/mol. The highest BCUT2D eigenvalue weighted by Gasteiger charge is 1.84. The summed E-state index contributed by atoms with van der Waals surface area (Å²) in [7, 11) is 1.47. The van der Waals surface area contributed by atoms with E-state index in [1.807, 2.05) is 0 Å². The van der Waals surface area contributed by atoms with Gasteiger partial charge in [0.25, 0.3) is 0 Å². The first kappa shape index (κ1) is 8.17. The third-order valence-corrected chi connectivity index (χ3v) is 2.26. The van der Waals surface area contributed by atoms with E-state index in [1.165, 1.54) is 27.5 Å². The van der Waals surface area contributed by atoms with Crippen LogP contribution in [-0.2, 0) is 0 Å². The zero-order chi connectivity index (χ0) is 6.41. The second kappa shape index (κ2) is 5.31. The van der Waals surface area contributed by atoms with Crippen molar-refractivity contribution < 1.29 is 0 Å². The van der Waals surface area contributed by atoms with Crippen molar-refractivity contribution in [1.29, 1.82) is 0 Å². The van der Waals surface area contributed by atoms with Gasteiger partial charge < -0.3 is 0 Å². The normalized spacial score (nSPS) is 12.1. The molecule has 0 unspecified atom stereocenters. The molecule has 0 aromatic rings. The van der Waals surface area contributed by atoms with E-state index in [0.29, 0.717) is 0 Å². The summed E-state index contributed by atoms with van der Waals surface area (Å²) in [5, 5.41) is 1.62. The topological polar surface area (TPSA) is 0 Å². The Kier molecular flexibility index (Phi) is 5.42. The molecule has 0 aromatic heterocycles. The van der Waals surface area contributed by atoms with Crippen LogP contribution in [0.15, 0.2) is 0 Å². The Labute approximate surface area is 54.1 Å². The monoisotopic (exact) mass is 130 g/mol. The standard InChI is InChI=1S/C7H15P/c1-4-5-6-7(2)8-3/h4-6H2,1-3H3. The van der Waals surface area contributed by atoms with Crippen LogP contribution in [0.1, 0.15) is 33.1 Å². The molecule has 0 radical (unpaired) electrons. The molecule has 0 atom stereocenters. The Bertz CT molecular complexity index is 74.5. The Hall–Kier alpha value is 0.170. The van der Waals surface area contributed by atoms with Crippen molar-refractivity contribution >= 4 is 13.5 Å². The summed E-state index contributed by atoms with van der Waals surface area (Å²) in [4.78, 5) is 0. The van der Waals surface area contributed by atoms with Crippen molar-refractivity contribution in [2.75, 3.05) is 6.66 Å². The summed E-state index contributed by atoms with van der Waals surface area (Å²) in [6, 6.07) is 0. The molecule has 0 aliphatic heterocycles. The van der Waals surface area contributed by atoms with Crippen LogP contribution in [0.5, 0.6) is 0 Å². The lowest BCUT2D eigenvalue weighted by Gasteiger charge is -1.93. The van der Waals surface area contributed by atoms with Gasteiger partial charge in [-0.2, -0.15) is 0 Å². The van der Waals surface area contributed by atoms with Gasteiger partial charge >= 0.3 is 0 Å². The highest BCUT2D eigenvalue weighted by atomic mass is 31.1. The van der Waals surface area contributed by atoms with Crippen LogP contribution >= 0.6 is 8.20 Å². The summed E-state index contributed by atoms with van der Waals surface area (Å²) < 4.78 is 0. The zero-order valence-electron chi connectivity index (χ0n) is 6.07. The van der Waals surface area contributed by atoms with Crippen LogP contribution in [0.4, 0.5) is 0 Å². The molecule has 0 saturated carbocycles. The molecule has 0 heterocycles. The molecule has 8 heavy (non-hydrogen) atoms. The van der Waals surface area contributed by atoms with Gasteiger partial charge in [-0.05, 0) is 26.4 Å². The van der Waals surface area contributed by atoms with E-state index in [0.717, 1.165) is 0 Å². The lowest BCUT2D eigenvalue weighted by atomic mass is 10.2. The number of hydrogen-bond donors (Lipinski definition) is 0. The quantitative estimate of drug-likeness (QED) is 0.515. The molecule has 0 spiro atoms. The molecule has 0 nitrogen and oxygen atoms in total. The highest BCUT2D eigenvalue weighted by molar-refractivity contribution is 7.39. The molecule has 1 heteroatoms. The molecule has 0 aromatic carbocycles. The molecule has 48 valence electrons. The minimum atomic E-state index is 1.33. The van der Waals surface area contributed by atoms with E-state index in [9.17, 15) is 0 Å². The van der Waals surface area contributed by atoms with E-state index in [2.05, 4.69) is 20.5 Å². The van der Waals surface area contributed by atoms with Gasteiger partial charge in [-0.15, -0.1) is 8.20 Å². The van der Waals surface area contributed by atoms with Crippen molar-refractivity contribution in [1.82, 2.24) is 0 Å². The summed E-state index contributed by atoms with van der Waals surface area (Å²) in [6.07, 6.45) is 4.02. The van der Waals surface area contributed by atoms with E-state index in [-0.39, 0.29) is 0 Å². The first-order chi connectivity index (χ1) is 3.81.